The number of nitrogens with one attached hydrogen (secondary N) is 2. The first-order valence-corrected chi connectivity index (χ1v) is 5.89. The Balaban J connectivity index is 2.42. The highest BCUT2D eigenvalue weighted by Gasteiger charge is 2.09. The molecule has 14 heavy (non-hydrogen) atoms. The van der Waals surface area contributed by atoms with Gasteiger partial charge in [-0.2, -0.15) is 5.10 Å². The fourth-order valence-corrected chi connectivity index (χ4v) is 2.10. The second kappa shape index (κ2) is 4.97. The van der Waals surface area contributed by atoms with Crippen LogP contribution < -0.4 is 4.72 Å². The van der Waals surface area contributed by atoms with E-state index in [1.54, 1.807) is 0 Å². The molecule has 0 amide bonds. The summed E-state index contributed by atoms with van der Waals surface area (Å²) in [5.74, 6) is 0.0126. The van der Waals surface area contributed by atoms with E-state index in [4.69, 9.17) is 5.11 Å². The number of rotatable bonds is 6. The maximum absolute atomic E-state index is 11.3. The molecule has 0 fully saturated rings. The van der Waals surface area contributed by atoms with Crippen LogP contribution in [0.4, 0.5) is 5.69 Å². The number of unbranched alkanes of at least 4 members (excludes halogenated alkanes) is 1. The van der Waals surface area contributed by atoms with E-state index < -0.39 is 10.0 Å². The van der Waals surface area contributed by atoms with Crippen LogP contribution in [0.5, 0.6) is 0 Å². The summed E-state index contributed by atoms with van der Waals surface area (Å²) in [7, 11) is -3.30. The van der Waals surface area contributed by atoms with Crippen molar-refractivity contribution in [3.63, 3.8) is 0 Å². The highest BCUT2D eigenvalue weighted by molar-refractivity contribution is 7.92. The molecule has 0 spiro atoms. The molecule has 1 aromatic rings. The molecule has 0 aliphatic rings. The van der Waals surface area contributed by atoms with Crippen molar-refractivity contribution in [2.75, 3.05) is 17.1 Å². The Labute approximate surface area is 82.4 Å². The quantitative estimate of drug-likeness (QED) is 0.583. The smallest absolute Gasteiger partial charge is 0.232 e. The third kappa shape index (κ3) is 3.75. The maximum atomic E-state index is 11.3. The van der Waals surface area contributed by atoms with E-state index in [9.17, 15) is 8.42 Å². The molecule has 0 bridgehead atoms. The zero-order valence-electron chi connectivity index (χ0n) is 7.60. The molecule has 0 atom stereocenters. The average Bonchev–Trinajstić information content (AvgIpc) is 2.56. The number of nitrogens with zero attached hydrogens (tertiary/aromatic N) is 1. The number of aromatic amines is 1. The van der Waals surface area contributed by atoms with Crippen molar-refractivity contribution in [2.24, 2.45) is 0 Å². The number of sulfonamides is 1. The van der Waals surface area contributed by atoms with Crippen LogP contribution >= 0.6 is 0 Å². The Morgan fingerprint density at radius 1 is 1.50 bits per heavy atom. The number of aliphatic hydroxyl groups excluding tert-OH is 1. The van der Waals surface area contributed by atoms with Gasteiger partial charge in [-0.15, -0.1) is 0 Å². The third-order valence-corrected chi connectivity index (χ3v) is 2.97. The molecule has 6 nitrogen and oxygen atoms in total. The van der Waals surface area contributed by atoms with E-state index in [0.29, 0.717) is 18.5 Å². The number of hydrogen-bond donors (Lipinski definition) is 3. The van der Waals surface area contributed by atoms with Gasteiger partial charge >= 0.3 is 0 Å². The van der Waals surface area contributed by atoms with Crippen LogP contribution in [0.25, 0.3) is 0 Å². The first-order valence-electron chi connectivity index (χ1n) is 4.24. The minimum atomic E-state index is -3.30. The number of anilines is 1. The van der Waals surface area contributed by atoms with Crippen molar-refractivity contribution in [1.29, 1.82) is 0 Å². The third-order valence-electron chi connectivity index (χ3n) is 1.59. The molecule has 0 saturated carbocycles. The SMILES string of the molecule is O=S(=O)(CCCCO)Nc1cn[nH]c1. The van der Waals surface area contributed by atoms with E-state index in [-0.39, 0.29) is 12.4 Å². The summed E-state index contributed by atoms with van der Waals surface area (Å²) < 4.78 is 25.0. The lowest BCUT2D eigenvalue weighted by molar-refractivity contribution is 0.287. The van der Waals surface area contributed by atoms with Crippen LogP contribution in [0, 0.1) is 0 Å². The Hall–Kier alpha value is -1.08. The topological polar surface area (TPSA) is 95.1 Å². The van der Waals surface area contributed by atoms with E-state index >= 15 is 0 Å². The Morgan fingerprint density at radius 2 is 2.29 bits per heavy atom. The van der Waals surface area contributed by atoms with Crippen molar-refractivity contribution in [1.82, 2.24) is 10.2 Å². The van der Waals surface area contributed by atoms with Crippen LogP contribution in [0.2, 0.25) is 0 Å². The highest BCUT2D eigenvalue weighted by Crippen LogP contribution is 2.06. The first-order chi connectivity index (χ1) is 6.64. The van der Waals surface area contributed by atoms with Crippen LogP contribution in [-0.4, -0.2) is 36.1 Å². The van der Waals surface area contributed by atoms with Crippen molar-refractivity contribution in [2.45, 2.75) is 12.8 Å². The maximum Gasteiger partial charge on any atom is 0.232 e. The van der Waals surface area contributed by atoms with Gasteiger partial charge in [0.2, 0.25) is 10.0 Å². The summed E-state index contributed by atoms with van der Waals surface area (Å²) in [6.07, 6.45) is 3.79. The van der Waals surface area contributed by atoms with Gasteiger partial charge in [0.15, 0.2) is 0 Å². The van der Waals surface area contributed by atoms with E-state index in [0.717, 1.165) is 0 Å². The van der Waals surface area contributed by atoms with Gasteiger partial charge in [0.1, 0.15) is 0 Å². The number of hydrogen-bond acceptors (Lipinski definition) is 4. The normalized spacial score (nSPS) is 11.5. The average molecular weight is 219 g/mol. The minimum Gasteiger partial charge on any atom is -0.396 e. The second-order valence-corrected chi connectivity index (χ2v) is 4.68. The van der Waals surface area contributed by atoms with Crippen molar-refractivity contribution in [3.05, 3.63) is 12.4 Å². The Bertz CT molecular complexity index is 346. The summed E-state index contributed by atoms with van der Waals surface area (Å²) in [5.41, 5.74) is 0.425. The van der Waals surface area contributed by atoms with E-state index in [1.807, 2.05) is 0 Å². The molecule has 3 N–H and O–H groups in total. The van der Waals surface area contributed by atoms with Gasteiger partial charge in [0.05, 0.1) is 17.6 Å². The van der Waals surface area contributed by atoms with Crippen molar-refractivity contribution < 1.29 is 13.5 Å². The van der Waals surface area contributed by atoms with Crippen LogP contribution in [0.1, 0.15) is 12.8 Å². The molecule has 0 aliphatic heterocycles. The molecule has 0 unspecified atom stereocenters. The van der Waals surface area contributed by atoms with Gasteiger partial charge in [0.25, 0.3) is 0 Å². The summed E-state index contributed by atoms with van der Waals surface area (Å²) >= 11 is 0. The molecular weight excluding hydrogens is 206 g/mol. The lowest BCUT2D eigenvalue weighted by atomic mass is 10.4. The molecule has 0 saturated heterocycles. The molecule has 0 aliphatic carbocycles. The van der Waals surface area contributed by atoms with Gasteiger partial charge in [-0.3, -0.25) is 9.82 Å². The molecule has 0 radical (unpaired) electrons. The summed E-state index contributed by atoms with van der Waals surface area (Å²) in [6, 6.07) is 0. The predicted molar refractivity (Wildman–Crippen MR) is 52.3 cm³/mol. The molecule has 1 rings (SSSR count). The number of aliphatic hydroxyl groups is 1. The van der Waals surface area contributed by atoms with Crippen LogP contribution in [0.15, 0.2) is 12.4 Å². The van der Waals surface area contributed by atoms with Gasteiger partial charge in [-0.05, 0) is 12.8 Å². The van der Waals surface area contributed by atoms with Crippen molar-refractivity contribution in [3.8, 4) is 0 Å². The lowest BCUT2D eigenvalue weighted by Gasteiger charge is -2.04. The zero-order chi connectivity index (χ0) is 10.4. The van der Waals surface area contributed by atoms with E-state index in [2.05, 4.69) is 14.9 Å². The van der Waals surface area contributed by atoms with Gasteiger partial charge in [-0.1, -0.05) is 0 Å². The molecular formula is C7H13N3O3S. The summed E-state index contributed by atoms with van der Waals surface area (Å²) in [5, 5.41) is 14.6. The van der Waals surface area contributed by atoms with Crippen LogP contribution in [0.3, 0.4) is 0 Å². The van der Waals surface area contributed by atoms with Gasteiger partial charge in [-0.25, -0.2) is 8.42 Å². The van der Waals surface area contributed by atoms with Gasteiger partial charge < -0.3 is 5.11 Å². The Kier molecular flexibility index (Phi) is 3.90. The summed E-state index contributed by atoms with van der Waals surface area (Å²) in [6.45, 7) is 0.0151. The zero-order valence-corrected chi connectivity index (χ0v) is 8.42. The standard InChI is InChI=1S/C7H13N3O3S/c11-3-1-2-4-14(12,13)10-7-5-8-9-6-7/h5-6,10-11H,1-4H2,(H,8,9). The molecule has 0 aromatic carbocycles. The van der Waals surface area contributed by atoms with Crippen LogP contribution in [-0.2, 0) is 10.0 Å². The number of aromatic nitrogens is 2. The largest absolute Gasteiger partial charge is 0.396 e. The molecule has 7 heteroatoms. The molecule has 1 heterocycles. The predicted octanol–water partition coefficient (Wildman–Crippen LogP) is -0.0761. The fourth-order valence-electron chi connectivity index (χ4n) is 0.941. The fraction of sp³-hybridized carbons (Fsp3) is 0.571. The molecule has 80 valence electrons. The monoisotopic (exact) mass is 219 g/mol. The highest BCUT2D eigenvalue weighted by atomic mass is 32.2. The Morgan fingerprint density at radius 3 is 2.86 bits per heavy atom. The van der Waals surface area contributed by atoms with Crippen molar-refractivity contribution >= 4 is 15.7 Å². The molecule has 1 aromatic heterocycles. The lowest BCUT2D eigenvalue weighted by Crippen LogP contribution is -2.16. The minimum absolute atomic E-state index is 0.0126. The van der Waals surface area contributed by atoms with Gasteiger partial charge in [0, 0.05) is 12.8 Å². The second-order valence-electron chi connectivity index (χ2n) is 2.84. The summed E-state index contributed by atoms with van der Waals surface area (Å²) in [4.78, 5) is 0. The number of H-pyrrole nitrogens is 1. The van der Waals surface area contributed by atoms with E-state index in [1.165, 1.54) is 12.4 Å². The first kappa shape index (κ1) is 11.0.